The Hall–Kier alpha value is -3.17. The molecule has 0 aliphatic carbocycles. The van der Waals surface area contributed by atoms with E-state index < -0.39 is 17.5 Å². The summed E-state index contributed by atoms with van der Waals surface area (Å²) in [5.74, 6) is 0.00380. The van der Waals surface area contributed by atoms with Crippen LogP contribution < -0.4 is 15.4 Å². The number of nitrogens with two attached hydrogens (primary N) is 1. The molecule has 0 saturated carbocycles. The number of carbonyl (C=O) groups excluding carboxylic acids is 1. The fourth-order valence-corrected chi connectivity index (χ4v) is 3.05. The average molecular weight is 463 g/mol. The van der Waals surface area contributed by atoms with Crippen LogP contribution in [-0.4, -0.2) is 42.0 Å². The molecule has 10 heteroatoms. The molecule has 0 aliphatic heterocycles. The number of methoxy groups -OCH3 is 1. The lowest BCUT2D eigenvalue weighted by Crippen LogP contribution is -2.34. The van der Waals surface area contributed by atoms with Crippen LogP contribution in [0.25, 0.3) is 10.9 Å². The predicted molar refractivity (Wildman–Crippen MR) is 121 cm³/mol. The Balaban J connectivity index is 2.14. The molecule has 0 radical (unpaired) electrons. The first-order chi connectivity index (χ1) is 15.1. The summed E-state index contributed by atoms with van der Waals surface area (Å²) in [6.07, 6.45) is 0.578. The van der Waals surface area contributed by atoms with Crippen molar-refractivity contribution in [2.24, 2.45) is 0 Å². The number of hydrogen-bond acceptors (Lipinski definition) is 7. The van der Waals surface area contributed by atoms with Gasteiger partial charge in [0.05, 0.1) is 28.5 Å². The van der Waals surface area contributed by atoms with Gasteiger partial charge in [0.1, 0.15) is 30.1 Å². The van der Waals surface area contributed by atoms with Crippen molar-refractivity contribution in [1.82, 2.24) is 9.97 Å². The number of fused-ring (bicyclic) bond motifs is 1. The number of nitrogens with zero attached hydrogens (tertiary/aromatic N) is 3. The number of carbonyl (C=O) groups is 1. The molecule has 3 aromatic rings. The van der Waals surface area contributed by atoms with Crippen LogP contribution in [0.1, 0.15) is 20.8 Å². The number of hydrogen-bond donors (Lipinski definition) is 1. The van der Waals surface area contributed by atoms with Gasteiger partial charge in [0.25, 0.3) is 0 Å². The van der Waals surface area contributed by atoms with Gasteiger partial charge in [-0.15, -0.1) is 0 Å². The molecule has 8 nitrogen and oxygen atoms in total. The topological polar surface area (TPSA) is 99.8 Å². The van der Waals surface area contributed by atoms with E-state index >= 15 is 0 Å². The summed E-state index contributed by atoms with van der Waals surface area (Å²) in [5, 5.41) is 0.318. The SMILES string of the molecule is COCCOc1cc2ncnc(N(C(=O)OC(C)(C)C)c3ccc(F)c(Cl)c3)c2cc1N. The normalized spacial score (nSPS) is 11.4. The molecule has 32 heavy (non-hydrogen) atoms. The highest BCUT2D eigenvalue weighted by Gasteiger charge is 2.28. The molecule has 1 heterocycles. The zero-order chi connectivity index (χ0) is 23.5. The van der Waals surface area contributed by atoms with Crippen LogP contribution in [-0.2, 0) is 9.47 Å². The second kappa shape index (κ2) is 9.54. The van der Waals surface area contributed by atoms with Gasteiger partial charge in [-0.1, -0.05) is 11.6 Å². The zero-order valence-corrected chi connectivity index (χ0v) is 18.9. The van der Waals surface area contributed by atoms with Gasteiger partial charge < -0.3 is 19.9 Å². The number of rotatable bonds is 6. The monoisotopic (exact) mass is 462 g/mol. The van der Waals surface area contributed by atoms with Gasteiger partial charge in [0.2, 0.25) is 0 Å². The molecule has 2 aromatic carbocycles. The lowest BCUT2D eigenvalue weighted by atomic mass is 10.1. The molecule has 2 N–H and O–H groups in total. The van der Waals surface area contributed by atoms with E-state index in [0.717, 1.165) is 6.07 Å². The Kier molecular flexibility index (Phi) is 7.00. The first-order valence-corrected chi connectivity index (χ1v) is 10.1. The molecule has 1 aromatic heterocycles. The van der Waals surface area contributed by atoms with Crippen molar-refractivity contribution in [3.63, 3.8) is 0 Å². The first-order valence-electron chi connectivity index (χ1n) is 9.75. The van der Waals surface area contributed by atoms with E-state index in [1.165, 1.54) is 23.4 Å². The predicted octanol–water partition coefficient (Wildman–Crippen LogP) is 5.10. The van der Waals surface area contributed by atoms with Crippen LogP contribution in [0.15, 0.2) is 36.7 Å². The molecule has 1 amide bonds. The Morgan fingerprint density at radius 3 is 2.59 bits per heavy atom. The molecule has 170 valence electrons. The van der Waals surface area contributed by atoms with Gasteiger partial charge >= 0.3 is 6.09 Å². The maximum absolute atomic E-state index is 13.8. The van der Waals surface area contributed by atoms with Crippen LogP contribution in [0.4, 0.5) is 26.4 Å². The Morgan fingerprint density at radius 2 is 1.94 bits per heavy atom. The van der Waals surface area contributed by atoms with Crippen LogP contribution >= 0.6 is 11.6 Å². The smallest absolute Gasteiger partial charge is 0.420 e. The largest absolute Gasteiger partial charge is 0.489 e. The number of amides is 1. The van der Waals surface area contributed by atoms with Crippen molar-refractivity contribution in [2.75, 3.05) is 31.0 Å². The second-order valence-corrected chi connectivity index (χ2v) is 8.27. The summed E-state index contributed by atoms with van der Waals surface area (Å²) in [4.78, 5) is 22.9. The fraction of sp³-hybridized carbons (Fsp3) is 0.318. The molecule has 0 atom stereocenters. The zero-order valence-electron chi connectivity index (χ0n) is 18.2. The summed E-state index contributed by atoms with van der Waals surface area (Å²) < 4.78 is 30.0. The van der Waals surface area contributed by atoms with Gasteiger partial charge in [0.15, 0.2) is 5.82 Å². The highest BCUT2D eigenvalue weighted by Crippen LogP contribution is 2.36. The maximum Gasteiger partial charge on any atom is 0.420 e. The third-order valence-corrected chi connectivity index (χ3v) is 4.53. The van der Waals surface area contributed by atoms with Gasteiger partial charge in [-0.3, -0.25) is 0 Å². The lowest BCUT2D eigenvalue weighted by molar-refractivity contribution is 0.0598. The number of benzene rings is 2. The average Bonchev–Trinajstić information content (AvgIpc) is 2.70. The number of ether oxygens (including phenoxy) is 3. The van der Waals surface area contributed by atoms with E-state index in [2.05, 4.69) is 9.97 Å². The van der Waals surface area contributed by atoms with Crippen molar-refractivity contribution in [3.05, 3.63) is 47.5 Å². The van der Waals surface area contributed by atoms with E-state index in [-0.39, 0.29) is 16.5 Å². The second-order valence-electron chi connectivity index (χ2n) is 7.86. The van der Waals surface area contributed by atoms with E-state index in [1.54, 1.807) is 40.0 Å². The summed E-state index contributed by atoms with van der Waals surface area (Å²) in [7, 11) is 1.57. The molecule has 0 bridgehead atoms. The molecular weight excluding hydrogens is 439 g/mol. The van der Waals surface area contributed by atoms with Crippen LogP contribution in [0, 0.1) is 5.82 Å². The Morgan fingerprint density at radius 1 is 1.19 bits per heavy atom. The van der Waals surface area contributed by atoms with E-state index in [9.17, 15) is 9.18 Å². The summed E-state index contributed by atoms with van der Waals surface area (Å²) >= 11 is 5.97. The standard InChI is InChI=1S/C22H24ClFN4O4/c1-22(2,3)32-21(29)28(13-5-6-16(24)15(23)9-13)20-14-10-17(25)19(31-8-7-30-4)11-18(14)26-12-27-20/h5-6,9-12H,7-8,25H2,1-4H3. The third-order valence-electron chi connectivity index (χ3n) is 4.24. The molecule has 0 fully saturated rings. The van der Waals surface area contributed by atoms with Crippen LogP contribution in [0.5, 0.6) is 5.75 Å². The number of aromatic nitrogens is 2. The highest BCUT2D eigenvalue weighted by molar-refractivity contribution is 6.31. The number of halogens is 2. The van der Waals surface area contributed by atoms with Gasteiger partial charge in [-0.05, 0) is 45.0 Å². The van der Waals surface area contributed by atoms with E-state index in [4.69, 9.17) is 31.5 Å². The Labute approximate surface area is 190 Å². The van der Waals surface area contributed by atoms with E-state index in [0.29, 0.717) is 35.6 Å². The van der Waals surface area contributed by atoms with Crippen LogP contribution in [0.2, 0.25) is 5.02 Å². The first kappa shape index (κ1) is 23.5. The number of anilines is 3. The van der Waals surface area contributed by atoms with Gasteiger partial charge in [-0.2, -0.15) is 0 Å². The minimum absolute atomic E-state index is 0.150. The van der Waals surface area contributed by atoms with Crippen LogP contribution in [0.3, 0.4) is 0 Å². The van der Waals surface area contributed by atoms with Crippen molar-refractivity contribution in [3.8, 4) is 5.75 Å². The minimum Gasteiger partial charge on any atom is -0.489 e. The summed E-state index contributed by atoms with van der Waals surface area (Å²) in [6.45, 7) is 5.91. The van der Waals surface area contributed by atoms with Crippen molar-refractivity contribution >= 4 is 45.8 Å². The van der Waals surface area contributed by atoms with Crippen molar-refractivity contribution < 1.29 is 23.4 Å². The third kappa shape index (κ3) is 5.35. The Bertz CT molecular complexity index is 1140. The van der Waals surface area contributed by atoms with E-state index in [1.807, 2.05) is 0 Å². The molecule has 0 aliphatic rings. The molecule has 0 spiro atoms. The molecule has 0 unspecified atom stereocenters. The minimum atomic E-state index is -0.788. The lowest BCUT2D eigenvalue weighted by Gasteiger charge is -2.27. The van der Waals surface area contributed by atoms with Gasteiger partial charge in [0, 0.05) is 18.6 Å². The number of nitrogen functional groups attached to an aromatic ring is 1. The summed E-state index contributed by atoms with van der Waals surface area (Å²) in [5.41, 5.74) is 6.46. The summed E-state index contributed by atoms with van der Waals surface area (Å²) in [6, 6.07) is 7.14. The van der Waals surface area contributed by atoms with Crippen molar-refractivity contribution in [1.29, 1.82) is 0 Å². The quantitative estimate of drug-likeness (QED) is 0.401. The molecule has 0 saturated heterocycles. The maximum atomic E-state index is 13.8. The molecule has 3 rings (SSSR count). The van der Waals surface area contributed by atoms with Gasteiger partial charge in [-0.25, -0.2) is 24.1 Å². The fourth-order valence-electron chi connectivity index (χ4n) is 2.87. The molecular formula is C22H24ClFN4O4. The highest BCUT2D eigenvalue weighted by atomic mass is 35.5. The van der Waals surface area contributed by atoms with Crippen molar-refractivity contribution in [2.45, 2.75) is 26.4 Å².